The summed E-state index contributed by atoms with van der Waals surface area (Å²) in [5.41, 5.74) is 0.466. The molecular formula is C13H10BFN2O2S. The molecule has 4 nitrogen and oxygen atoms in total. The number of nitrogens with one attached hydrogen (secondary N) is 1. The maximum absolute atomic E-state index is 13.8. The van der Waals surface area contributed by atoms with Crippen LogP contribution in [0.1, 0.15) is 18.9 Å². The quantitative estimate of drug-likeness (QED) is 0.668. The van der Waals surface area contributed by atoms with Crippen LogP contribution in [0, 0.1) is 5.82 Å². The molecule has 0 bridgehead atoms. The molecule has 20 heavy (non-hydrogen) atoms. The molecule has 3 aromatic rings. The van der Waals surface area contributed by atoms with Crippen LogP contribution in [0.5, 0.6) is 0 Å². The third kappa shape index (κ3) is 1.47. The minimum atomic E-state index is -0.414. The molecule has 0 radical (unpaired) electrons. The van der Waals surface area contributed by atoms with Crippen molar-refractivity contribution in [3.8, 4) is 0 Å². The first kappa shape index (κ1) is 11.9. The molecule has 0 saturated heterocycles. The lowest BCUT2D eigenvalue weighted by molar-refractivity contribution is 0.637. The van der Waals surface area contributed by atoms with Crippen LogP contribution < -0.4 is 16.5 Å². The molecule has 1 aliphatic carbocycles. The van der Waals surface area contributed by atoms with Crippen molar-refractivity contribution >= 4 is 46.0 Å². The molecule has 0 atom stereocenters. The minimum absolute atomic E-state index is 0.151. The summed E-state index contributed by atoms with van der Waals surface area (Å²) in [6.45, 7) is 0. The van der Waals surface area contributed by atoms with E-state index >= 15 is 0 Å². The number of rotatable bonds is 1. The Hall–Kier alpha value is -1.89. The first-order valence-electron chi connectivity index (χ1n) is 6.43. The number of hydrogen-bond acceptors (Lipinski definition) is 3. The highest BCUT2D eigenvalue weighted by Gasteiger charge is 2.28. The highest BCUT2D eigenvalue weighted by Crippen LogP contribution is 2.39. The lowest BCUT2D eigenvalue weighted by Gasteiger charge is -2.12. The van der Waals surface area contributed by atoms with Crippen molar-refractivity contribution in [1.29, 1.82) is 0 Å². The predicted octanol–water partition coefficient (Wildman–Crippen LogP) is 0.637. The molecular weight excluding hydrogens is 278 g/mol. The smallest absolute Gasteiger partial charge is 0.271 e. The van der Waals surface area contributed by atoms with Crippen LogP contribution in [0.15, 0.2) is 21.7 Å². The standard InChI is InChI=1S/C13H10BFN2O2S/c14-7-4-9-6(3-8(7)15)11(18)10-12(19)16-20-13(10)17(9)5-1-2-5/h3-5H,1-2,14H2,(H,16,19). The zero-order valence-electron chi connectivity index (χ0n) is 10.7. The second-order valence-electron chi connectivity index (χ2n) is 5.26. The molecule has 0 amide bonds. The van der Waals surface area contributed by atoms with Gasteiger partial charge in [0.05, 0.1) is 5.52 Å². The SMILES string of the molecule is Bc1cc2c(cc1F)c(=O)c1c(=O)[nH]sc1n2C1CC1. The van der Waals surface area contributed by atoms with E-state index in [1.165, 1.54) is 17.6 Å². The summed E-state index contributed by atoms with van der Waals surface area (Å²) in [6.07, 6.45) is 2.05. The Bertz CT molecular complexity index is 984. The van der Waals surface area contributed by atoms with Gasteiger partial charge in [-0.3, -0.25) is 14.0 Å². The van der Waals surface area contributed by atoms with Crippen molar-refractivity contribution in [2.45, 2.75) is 18.9 Å². The third-order valence-corrected chi connectivity index (χ3v) is 4.70. The monoisotopic (exact) mass is 288 g/mol. The first-order valence-corrected chi connectivity index (χ1v) is 7.25. The average molecular weight is 288 g/mol. The van der Waals surface area contributed by atoms with Gasteiger partial charge in [-0.1, -0.05) is 5.46 Å². The van der Waals surface area contributed by atoms with E-state index in [-0.39, 0.29) is 21.8 Å². The fourth-order valence-electron chi connectivity index (χ4n) is 2.65. The number of benzene rings is 1. The van der Waals surface area contributed by atoms with Gasteiger partial charge in [0.2, 0.25) is 5.43 Å². The van der Waals surface area contributed by atoms with E-state index in [2.05, 4.69) is 4.37 Å². The van der Waals surface area contributed by atoms with Crippen molar-refractivity contribution in [1.82, 2.24) is 8.94 Å². The molecule has 100 valence electrons. The van der Waals surface area contributed by atoms with Gasteiger partial charge in [-0.15, -0.1) is 0 Å². The average Bonchev–Trinajstić information content (AvgIpc) is 3.16. The molecule has 2 heterocycles. The second-order valence-corrected chi connectivity index (χ2v) is 6.06. The largest absolute Gasteiger partial charge is 0.328 e. The maximum Gasteiger partial charge on any atom is 0.271 e. The van der Waals surface area contributed by atoms with E-state index in [0.717, 1.165) is 18.4 Å². The Balaban J connectivity index is 2.34. The summed E-state index contributed by atoms with van der Waals surface area (Å²) in [5.74, 6) is -0.414. The van der Waals surface area contributed by atoms with Crippen LogP contribution in [0.2, 0.25) is 0 Å². The lowest BCUT2D eigenvalue weighted by atomic mass is 9.94. The number of nitrogens with zero attached hydrogens (tertiary/aromatic N) is 1. The molecule has 1 aliphatic rings. The molecule has 1 N–H and O–H groups in total. The van der Waals surface area contributed by atoms with Gasteiger partial charge in [0.15, 0.2) is 0 Å². The van der Waals surface area contributed by atoms with Crippen molar-refractivity contribution < 1.29 is 4.39 Å². The minimum Gasteiger partial charge on any atom is -0.328 e. The molecule has 2 aromatic heterocycles. The number of H-pyrrole nitrogens is 1. The van der Waals surface area contributed by atoms with Crippen LogP contribution in [0.3, 0.4) is 0 Å². The van der Waals surface area contributed by atoms with Crippen molar-refractivity contribution in [3.63, 3.8) is 0 Å². The van der Waals surface area contributed by atoms with Gasteiger partial charge in [0.25, 0.3) is 5.56 Å². The topological polar surface area (TPSA) is 54.9 Å². The summed E-state index contributed by atoms with van der Waals surface area (Å²) in [5, 5.41) is 0.439. The lowest BCUT2D eigenvalue weighted by Crippen LogP contribution is -2.18. The van der Waals surface area contributed by atoms with Crippen LogP contribution in [-0.4, -0.2) is 16.8 Å². The van der Waals surface area contributed by atoms with Crippen LogP contribution in [0.4, 0.5) is 4.39 Å². The normalized spacial score (nSPS) is 15.2. The van der Waals surface area contributed by atoms with Crippen LogP contribution in [-0.2, 0) is 0 Å². The summed E-state index contributed by atoms with van der Waals surface area (Å²) in [4.78, 5) is 24.9. The van der Waals surface area contributed by atoms with E-state index in [1.54, 1.807) is 13.9 Å². The number of hydrogen-bond donors (Lipinski definition) is 1. The summed E-state index contributed by atoms with van der Waals surface area (Å²) in [7, 11) is 1.68. The van der Waals surface area contributed by atoms with E-state index in [0.29, 0.717) is 16.3 Å². The zero-order valence-corrected chi connectivity index (χ0v) is 11.5. The molecule has 0 aliphatic heterocycles. The Kier molecular flexibility index (Phi) is 2.27. The van der Waals surface area contributed by atoms with Gasteiger partial charge in [-0.25, -0.2) is 4.39 Å². The molecule has 1 fully saturated rings. The van der Waals surface area contributed by atoms with Crippen molar-refractivity contribution in [3.05, 3.63) is 38.5 Å². The Morgan fingerprint density at radius 2 is 2.10 bits per heavy atom. The molecule has 4 rings (SSSR count). The van der Waals surface area contributed by atoms with Gasteiger partial charge in [0, 0.05) is 11.4 Å². The summed E-state index contributed by atoms with van der Waals surface area (Å²) < 4.78 is 18.4. The number of aromatic amines is 1. The van der Waals surface area contributed by atoms with Gasteiger partial charge in [0.1, 0.15) is 23.9 Å². The van der Waals surface area contributed by atoms with Crippen molar-refractivity contribution in [2.75, 3.05) is 0 Å². The summed E-state index contributed by atoms with van der Waals surface area (Å²) >= 11 is 1.18. The van der Waals surface area contributed by atoms with E-state index in [9.17, 15) is 14.0 Å². The fourth-order valence-corrected chi connectivity index (χ4v) is 3.58. The Labute approximate surface area is 117 Å². The first-order chi connectivity index (χ1) is 9.58. The van der Waals surface area contributed by atoms with Crippen LogP contribution >= 0.6 is 11.5 Å². The molecule has 0 unspecified atom stereocenters. The van der Waals surface area contributed by atoms with Crippen molar-refractivity contribution in [2.24, 2.45) is 0 Å². The predicted molar refractivity (Wildman–Crippen MR) is 80.6 cm³/mol. The molecule has 1 saturated carbocycles. The number of fused-ring (bicyclic) bond motifs is 2. The Morgan fingerprint density at radius 1 is 1.35 bits per heavy atom. The fraction of sp³-hybridized carbons (Fsp3) is 0.231. The Morgan fingerprint density at radius 3 is 2.80 bits per heavy atom. The van der Waals surface area contributed by atoms with E-state index < -0.39 is 5.82 Å². The third-order valence-electron chi connectivity index (χ3n) is 3.82. The van der Waals surface area contributed by atoms with Gasteiger partial charge >= 0.3 is 0 Å². The van der Waals surface area contributed by atoms with Gasteiger partial charge in [-0.2, -0.15) is 0 Å². The van der Waals surface area contributed by atoms with Gasteiger partial charge in [-0.05, 0) is 36.5 Å². The van der Waals surface area contributed by atoms with Crippen LogP contribution in [0.25, 0.3) is 21.1 Å². The number of halogens is 1. The zero-order chi connectivity index (χ0) is 14.0. The van der Waals surface area contributed by atoms with Gasteiger partial charge < -0.3 is 4.57 Å². The summed E-state index contributed by atoms with van der Waals surface area (Å²) in [6, 6.07) is 3.26. The van der Waals surface area contributed by atoms with E-state index in [1.807, 2.05) is 4.57 Å². The molecule has 1 aromatic carbocycles. The molecule has 7 heteroatoms. The highest BCUT2D eigenvalue weighted by molar-refractivity contribution is 7.12. The van der Waals surface area contributed by atoms with E-state index in [4.69, 9.17) is 0 Å². The second kappa shape index (κ2) is 3.82. The highest BCUT2D eigenvalue weighted by atomic mass is 32.1. The number of pyridine rings is 1. The number of aromatic nitrogens is 2. The molecule has 0 spiro atoms. The maximum atomic E-state index is 13.8.